The summed E-state index contributed by atoms with van der Waals surface area (Å²) in [5, 5.41) is 3.62. The van der Waals surface area contributed by atoms with Gasteiger partial charge < -0.3 is 19.5 Å². The van der Waals surface area contributed by atoms with Gasteiger partial charge in [0.1, 0.15) is 41.7 Å². The van der Waals surface area contributed by atoms with Crippen molar-refractivity contribution in [2.75, 3.05) is 33.4 Å². The number of pyridine rings is 1. The zero-order valence-corrected chi connectivity index (χ0v) is 19.7. The summed E-state index contributed by atoms with van der Waals surface area (Å²) >= 11 is 0. The van der Waals surface area contributed by atoms with Crippen LogP contribution in [0.5, 0.6) is 5.75 Å². The first kappa shape index (κ1) is 23.6. The van der Waals surface area contributed by atoms with E-state index in [0.717, 1.165) is 35.6 Å². The molecule has 8 heteroatoms. The molecule has 0 spiro atoms. The molecule has 1 N–H and O–H groups in total. The number of rotatable bonds is 7. The van der Waals surface area contributed by atoms with E-state index in [9.17, 15) is 8.78 Å². The molecule has 0 saturated carbocycles. The molecule has 2 aromatic rings. The maximum absolute atomic E-state index is 14.4. The number of hydrogen-bond acceptors (Lipinski definition) is 6. The lowest BCUT2D eigenvalue weighted by Gasteiger charge is -2.27. The Morgan fingerprint density at radius 3 is 2.94 bits per heavy atom. The number of alkyl halides is 1. The molecule has 5 rings (SSSR count). The summed E-state index contributed by atoms with van der Waals surface area (Å²) in [6, 6.07) is 6.42. The van der Waals surface area contributed by atoms with Crippen LogP contribution in [0.15, 0.2) is 59.4 Å². The lowest BCUT2D eigenvalue weighted by Crippen LogP contribution is -2.44. The predicted octanol–water partition coefficient (Wildman–Crippen LogP) is 4.76. The van der Waals surface area contributed by atoms with Crippen LogP contribution in [0, 0.1) is 11.7 Å². The van der Waals surface area contributed by atoms with Crippen LogP contribution in [0.1, 0.15) is 25.0 Å². The van der Waals surface area contributed by atoms with E-state index in [4.69, 9.17) is 24.2 Å². The average Bonchev–Trinajstić information content (AvgIpc) is 3.08. The Kier molecular flexibility index (Phi) is 7.20. The average molecular weight is 482 g/mol. The number of nitrogens with one attached hydrogen (secondary N) is 1. The summed E-state index contributed by atoms with van der Waals surface area (Å²) in [6.07, 6.45) is 8.31. The van der Waals surface area contributed by atoms with Gasteiger partial charge in [0.25, 0.3) is 0 Å². The number of halogens is 2. The Balaban J connectivity index is 1.41. The van der Waals surface area contributed by atoms with E-state index in [1.54, 1.807) is 7.11 Å². The van der Waals surface area contributed by atoms with Gasteiger partial charge in [-0.3, -0.25) is 4.99 Å². The molecule has 1 saturated heterocycles. The van der Waals surface area contributed by atoms with E-state index in [1.165, 1.54) is 12.1 Å². The molecule has 6 nitrogen and oxygen atoms in total. The predicted molar refractivity (Wildman–Crippen MR) is 132 cm³/mol. The number of allylic oxidation sites excluding steroid dienone is 4. The van der Waals surface area contributed by atoms with E-state index in [-0.39, 0.29) is 18.2 Å². The third kappa shape index (κ3) is 5.44. The molecule has 3 aliphatic rings. The van der Waals surface area contributed by atoms with E-state index >= 15 is 0 Å². The highest BCUT2D eigenvalue weighted by molar-refractivity contribution is 6.01. The van der Waals surface area contributed by atoms with Crippen LogP contribution in [0.3, 0.4) is 0 Å². The van der Waals surface area contributed by atoms with Gasteiger partial charge in [0.05, 0.1) is 18.0 Å². The summed E-state index contributed by atoms with van der Waals surface area (Å²) < 4.78 is 45.4. The van der Waals surface area contributed by atoms with Gasteiger partial charge in [-0.25, -0.2) is 13.8 Å². The van der Waals surface area contributed by atoms with Crippen LogP contribution >= 0.6 is 0 Å². The Hall–Kier alpha value is -3.10. The molecular formula is C27H29F2N3O3. The third-order valence-corrected chi connectivity index (χ3v) is 6.49. The summed E-state index contributed by atoms with van der Waals surface area (Å²) in [7, 11) is 1.64. The molecule has 1 unspecified atom stereocenters. The number of methoxy groups -OCH3 is 1. The van der Waals surface area contributed by atoms with E-state index in [1.807, 2.05) is 30.5 Å². The van der Waals surface area contributed by atoms with Crippen LogP contribution in [0.4, 0.5) is 8.78 Å². The minimum absolute atomic E-state index is 0.202. The Morgan fingerprint density at radius 1 is 1.17 bits per heavy atom. The fourth-order valence-electron chi connectivity index (χ4n) is 4.57. The molecule has 3 atom stereocenters. The van der Waals surface area contributed by atoms with Crippen molar-refractivity contribution in [2.24, 2.45) is 10.9 Å². The molecular weight excluding hydrogens is 452 g/mol. The second kappa shape index (κ2) is 10.7. The minimum atomic E-state index is -1.15. The molecule has 0 amide bonds. The van der Waals surface area contributed by atoms with Crippen LogP contribution in [0.25, 0.3) is 16.5 Å². The molecule has 1 aliphatic carbocycles. The highest BCUT2D eigenvalue weighted by Crippen LogP contribution is 2.33. The molecule has 1 aromatic carbocycles. The second-order valence-corrected chi connectivity index (χ2v) is 8.94. The molecule has 0 bridgehead atoms. The van der Waals surface area contributed by atoms with Crippen LogP contribution < -0.4 is 10.1 Å². The third-order valence-electron chi connectivity index (χ3n) is 6.49. The number of hydrogen-bond donors (Lipinski definition) is 1. The first-order chi connectivity index (χ1) is 17.1. The lowest BCUT2D eigenvalue weighted by molar-refractivity contribution is 0.0740. The lowest BCUT2D eigenvalue weighted by atomic mass is 9.91. The zero-order chi connectivity index (χ0) is 24.2. The first-order valence-electron chi connectivity index (χ1n) is 12.0. The maximum atomic E-state index is 14.4. The Morgan fingerprint density at radius 2 is 2.09 bits per heavy atom. The highest BCUT2D eigenvalue weighted by Gasteiger charge is 2.27. The maximum Gasteiger partial charge on any atom is 0.149 e. The molecule has 0 radical (unpaired) electrons. The smallest absolute Gasteiger partial charge is 0.149 e. The zero-order valence-electron chi connectivity index (χ0n) is 19.7. The van der Waals surface area contributed by atoms with Crippen molar-refractivity contribution >= 4 is 22.2 Å². The van der Waals surface area contributed by atoms with E-state index in [0.29, 0.717) is 37.1 Å². The van der Waals surface area contributed by atoms with E-state index < -0.39 is 18.1 Å². The van der Waals surface area contributed by atoms with Gasteiger partial charge in [0, 0.05) is 43.3 Å². The second-order valence-electron chi connectivity index (χ2n) is 8.94. The van der Waals surface area contributed by atoms with Crippen LogP contribution in [0.2, 0.25) is 0 Å². The number of nitrogens with zero attached hydrogens (tertiary/aromatic N) is 2. The van der Waals surface area contributed by atoms with Crippen molar-refractivity contribution in [3.8, 4) is 5.75 Å². The van der Waals surface area contributed by atoms with Crippen molar-refractivity contribution in [3.63, 3.8) is 0 Å². The summed E-state index contributed by atoms with van der Waals surface area (Å²) in [5.74, 6) is 0.811. The fourth-order valence-corrected chi connectivity index (χ4v) is 4.57. The number of ether oxygens (including phenoxy) is 3. The Bertz CT molecular complexity index is 1210. The normalized spacial score (nSPS) is 24.2. The van der Waals surface area contributed by atoms with Gasteiger partial charge in [-0.1, -0.05) is 12.1 Å². The summed E-state index contributed by atoms with van der Waals surface area (Å²) in [5.41, 5.74) is 3.21. The largest absolute Gasteiger partial charge is 0.491 e. The van der Waals surface area contributed by atoms with Crippen molar-refractivity contribution in [3.05, 3.63) is 66.0 Å². The molecule has 3 heterocycles. The van der Waals surface area contributed by atoms with E-state index in [2.05, 4.69) is 11.4 Å². The Labute approximate surface area is 203 Å². The standard InChI is InChI=1S/C27H29F2N3O3/c1-33-10-11-34-21-6-4-17-2-3-19(15-31-24(17)14-21)23-7-5-18-12-20(28)13-26(27(18)32-23)35-25-8-9-30-16-22(25)29/h4-7,12-15,17,22,25,30H,2-3,8-11,16H2,1H3/t17?,22-,25+/m0/s1. The van der Waals surface area contributed by atoms with Crippen LogP contribution in [-0.2, 0) is 9.47 Å². The van der Waals surface area contributed by atoms with Gasteiger partial charge >= 0.3 is 0 Å². The quantitative estimate of drug-likeness (QED) is 0.578. The SMILES string of the molecule is COCCOC1=CC2=NC=C(c3ccc4cc(F)cc(O[C@@H]5CCNC[C@@H]5F)c4n3)CCC2C=C1. The number of piperidine rings is 1. The molecule has 2 aliphatic heterocycles. The van der Waals surface area contributed by atoms with Crippen molar-refractivity contribution in [1.82, 2.24) is 10.3 Å². The summed E-state index contributed by atoms with van der Waals surface area (Å²) in [4.78, 5) is 9.54. The summed E-state index contributed by atoms with van der Waals surface area (Å²) in [6.45, 7) is 1.90. The van der Waals surface area contributed by atoms with Gasteiger partial charge in [-0.2, -0.15) is 0 Å². The number of aliphatic imine (C=N–C) groups is 1. The van der Waals surface area contributed by atoms with Gasteiger partial charge in [0.2, 0.25) is 0 Å². The molecule has 1 fully saturated rings. The molecule has 35 heavy (non-hydrogen) atoms. The number of fused-ring (bicyclic) bond motifs is 2. The highest BCUT2D eigenvalue weighted by atomic mass is 19.1. The number of aromatic nitrogens is 1. The molecule has 184 valence electrons. The molecule has 1 aromatic heterocycles. The van der Waals surface area contributed by atoms with Gasteiger partial charge in [-0.15, -0.1) is 0 Å². The van der Waals surface area contributed by atoms with Crippen molar-refractivity contribution in [2.45, 2.75) is 31.5 Å². The topological polar surface area (TPSA) is 65.0 Å². The number of benzene rings is 1. The van der Waals surface area contributed by atoms with Crippen molar-refractivity contribution in [1.29, 1.82) is 0 Å². The minimum Gasteiger partial charge on any atom is -0.491 e. The van der Waals surface area contributed by atoms with Gasteiger partial charge in [0.15, 0.2) is 0 Å². The van der Waals surface area contributed by atoms with Crippen molar-refractivity contribution < 1.29 is 23.0 Å². The van der Waals surface area contributed by atoms with Gasteiger partial charge in [-0.05, 0) is 49.6 Å². The fraction of sp³-hybridized carbons (Fsp3) is 0.407. The first-order valence-corrected chi connectivity index (χ1v) is 12.0. The monoisotopic (exact) mass is 481 g/mol. The van der Waals surface area contributed by atoms with Crippen LogP contribution in [-0.4, -0.2) is 56.4 Å².